The molecule has 1 aliphatic rings. The predicted octanol–water partition coefficient (Wildman–Crippen LogP) is 5.10. The van der Waals surface area contributed by atoms with Gasteiger partial charge in [0.25, 0.3) is 0 Å². The summed E-state index contributed by atoms with van der Waals surface area (Å²) in [5.41, 5.74) is 6.20. The van der Waals surface area contributed by atoms with Crippen molar-refractivity contribution < 1.29 is 9.90 Å². The van der Waals surface area contributed by atoms with Gasteiger partial charge in [0.15, 0.2) is 5.78 Å². The van der Waals surface area contributed by atoms with Gasteiger partial charge in [0, 0.05) is 16.8 Å². The minimum Gasteiger partial charge on any atom is -0.508 e. The molecule has 0 aliphatic heterocycles. The van der Waals surface area contributed by atoms with Gasteiger partial charge in [0.1, 0.15) is 16.8 Å². The summed E-state index contributed by atoms with van der Waals surface area (Å²) in [5, 5.41) is 20.2. The molecule has 2 aromatic carbocycles. The standard InChI is InChI=1S/C24H20N2O2S/c1-15-5-7-16(8-6-15)22(28)14-29-24-20(13-25)23(17-9-11-18(27)12-10-17)19-3-2-4-21(19)26-24/h5-12,27H,2-4,14H2,1H3. The molecule has 0 amide bonds. The highest BCUT2D eigenvalue weighted by Gasteiger charge is 2.24. The number of phenolic OH excluding ortho intramolecular Hbond substituents is 1. The van der Waals surface area contributed by atoms with E-state index in [9.17, 15) is 15.2 Å². The molecule has 0 atom stereocenters. The van der Waals surface area contributed by atoms with Crippen molar-refractivity contribution in [2.45, 2.75) is 31.2 Å². The molecule has 1 aromatic heterocycles. The first-order valence-corrected chi connectivity index (χ1v) is 10.5. The molecular formula is C24H20N2O2S. The van der Waals surface area contributed by atoms with Crippen LogP contribution in [0.2, 0.25) is 0 Å². The molecule has 5 heteroatoms. The van der Waals surface area contributed by atoms with Gasteiger partial charge in [0.2, 0.25) is 0 Å². The van der Waals surface area contributed by atoms with Crippen molar-refractivity contribution in [2.24, 2.45) is 0 Å². The van der Waals surface area contributed by atoms with Crippen molar-refractivity contribution in [3.8, 4) is 22.9 Å². The normalized spacial score (nSPS) is 12.4. The number of pyridine rings is 1. The van der Waals surface area contributed by atoms with Crippen molar-refractivity contribution >= 4 is 17.5 Å². The van der Waals surface area contributed by atoms with Crippen LogP contribution < -0.4 is 0 Å². The van der Waals surface area contributed by atoms with E-state index in [4.69, 9.17) is 4.98 Å². The van der Waals surface area contributed by atoms with Gasteiger partial charge in [-0.25, -0.2) is 4.98 Å². The number of rotatable bonds is 5. The number of carbonyl (C=O) groups is 1. The summed E-state index contributed by atoms with van der Waals surface area (Å²) >= 11 is 1.32. The van der Waals surface area contributed by atoms with E-state index in [0.717, 1.165) is 47.2 Å². The van der Waals surface area contributed by atoms with Crippen LogP contribution in [0.4, 0.5) is 0 Å². The monoisotopic (exact) mass is 400 g/mol. The Labute approximate surface area is 174 Å². The van der Waals surface area contributed by atoms with Gasteiger partial charge in [0.05, 0.1) is 11.3 Å². The van der Waals surface area contributed by atoms with Crippen LogP contribution in [-0.4, -0.2) is 21.6 Å². The smallest absolute Gasteiger partial charge is 0.173 e. The summed E-state index contributed by atoms with van der Waals surface area (Å²) in [6.45, 7) is 1.99. The van der Waals surface area contributed by atoms with E-state index in [1.54, 1.807) is 12.1 Å². The van der Waals surface area contributed by atoms with Crippen molar-refractivity contribution in [2.75, 3.05) is 5.75 Å². The van der Waals surface area contributed by atoms with E-state index in [0.29, 0.717) is 16.2 Å². The van der Waals surface area contributed by atoms with Gasteiger partial charge in [-0.05, 0) is 49.4 Å². The fraction of sp³-hybridized carbons (Fsp3) is 0.208. The van der Waals surface area contributed by atoms with Gasteiger partial charge in [-0.15, -0.1) is 0 Å². The van der Waals surface area contributed by atoms with Crippen molar-refractivity contribution in [3.05, 3.63) is 76.5 Å². The lowest BCUT2D eigenvalue weighted by atomic mass is 9.95. The number of benzene rings is 2. The number of Topliss-reactive ketones (excluding diaryl/α,β-unsaturated/α-hetero) is 1. The summed E-state index contributed by atoms with van der Waals surface area (Å²) in [6, 6.07) is 16.8. The number of aromatic nitrogens is 1. The molecule has 0 unspecified atom stereocenters. The van der Waals surface area contributed by atoms with Crippen LogP contribution >= 0.6 is 11.8 Å². The van der Waals surface area contributed by atoms with Gasteiger partial charge in [-0.1, -0.05) is 53.7 Å². The molecule has 0 bridgehead atoms. The van der Waals surface area contributed by atoms with Crippen LogP contribution in [0.25, 0.3) is 11.1 Å². The number of aromatic hydroxyl groups is 1. The Morgan fingerprint density at radius 2 is 1.86 bits per heavy atom. The summed E-state index contributed by atoms with van der Waals surface area (Å²) < 4.78 is 0. The Hall–Kier alpha value is -3.10. The van der Waals surface area contributed by atoms with E-state index >= 15 is 0 Å². The maximum absolute atomic E-state index is 12.6. The van der Waals surface area contributed by atoms with Crippen LogP contribution in [0.5, 0.6) is 5.75 Å². The lowest BCUT2D eigenvalue weighted by Crippen LogP contribution is -2.05. The zero-order valence-electron chi connectivity index (χ0n) is 16.1. The third-order valence-electron chi connectivity index (χ3n) is 5.17. The highest BCUT2D eigenvalue weighted by molar-refractivity contribution is 8.00. The largest absolute Gasteiger partial charge is 0.508 e. The van der Waals surface area contributed by atoms with E-state index in [1.165, 1.54) is 11.8 Å². The van der Waals surface area contributed by atoms with Gasteiger partial charge in [-0.2, -0.15) is 5.26 Å². The molecule has 0 spiro atoms. The number of thioether (sulfide) groups is 1. The highest BCUT2D eigenvalue weighted by Crippen LogP contribution is 2.39. The van der Waals surface area contributed by atoms with Gasteiger partial charge in [-0.3, -0.25) is 4.79 Å². The Kier molecular flexibility index (Phi) is 5.37. The van der Waals surface area contributed by atoms with Crippen LogP contribution in [0.1, 0.15) is 39.2 Å². The zero-order chi connectivity index (χ0) is 20.4. The zero-order valence-corrected chi connectivity index (χ0v) is 16.9. The number of nitriles is 1. The second kappa shape index (κ2) is 8.10. The van der Waals surface area contributed by atoms with Gasteiger partial charge < -0.3 is 5.11 Å². The Bertz CT molecular complexity index is 1110. The average Bonchev–Trinajstić information content (AvgIpc) is 3.20. The van der Waals surface area contributed by atoms with Crippen molar-refractivity contribution in [1.29, 1.82) is 5.26 Å². The molecular weight excluding hydrogens is 380 g/mol. The maximum Gasteiger partial charge on any atom is 0.173 e. The van der Waals surface area contributed by atoms with Crippen LogP contribution in [0.3, 0.4) is 0 Å². The molecule has 1 N–H and O–H groups in total. The highest BCUT2D eigenvalue weighted by atomic mass is 32.2. The Balaban J connectivity index is 1.69. The van der Waals surface area contributed by atoms with E-state index in [2.05, 4.69) is 6.07 Å². The summed E-state index contributed by atoms with van der Waals surface area (Å²) in [7, 11) is 0. The third-order valence-corrected chi connectivity index (χ3v) is 6.15. The second-order valence-corrected chi connectivity index (χ2v) is 8.15. The fourth-order valence-corrected chi connectivity index (χ4v) is 4.57. The van der Waals surface area contributed by atoms with Crippen LogP contribution in [-0.2, 0) is 12.8 Å². The maximum atomic E-state index is 12.6. The van der Waals surface area contributed by atoms with Gasteiger partial charge >= 0.3 is 0 Å². The molecule has 29 heavy (non-hydrogen) atoms. The summed E-state index contributed by atoms with van der Waals surface area (Å²) in [4.78, 5) is 17.3. The van der Waals surface area contributed by atoms with E-state index in [-0.39, 0.29) is 17.3 Å². The first kappa shape index (κ1) is 19.2. The molecule has 4 nitrogen and oxygen atoms in total. The lowest BCUT2D eigenvalue weighted by Gasteiger charge is -2.14. The molecule has 144 valence electrons. The van der Waals surface area contributed by atoms with Crippen LogP contribution in [0, 0.1) is 18.3 Å². The van der Waals surface area contributed by atoms with E-state index in [1.807, 2.05) is 43.3 Å². The first-order chi connectivity index (χ1) is 14.1. The number of fused-ring (bicyclic) bond motifs is 1. The number of carbonyl (C=O) groups excluding carboxylic acids is 1. The first-order valence-electron chi connectivity index (χ1n) is 9.54. The van der Waals surface area contributed by atoms with Crippen LogP contribution in [0.15, 0.2) is 53.6 Å². The number of nitrogens with zero attached hydrogens (tertiary/aromatic N) is 2. The minimum absolute atomic E-state index is 0.0207. The Morgan fingerprint density at radius 1 is 1.14 bits per heavy atom. The number of hydrogen-bond acceptors (Lipinski definition) is 5. The SMILES string of the molecule is Cc1ccc(C(=O)CSc2nc3c(c(-c4ccc(O)cc4)c2C#N)CCC3)cc1. The molecule has 1 aliphatic carbocycles. The quantitative estimate of drug-likeness (QED) is 0.476. The number of phenols is 1. The fourth-order valence-electron chi connectivity index (χ4n) is 3.67. The second-order valence-electron chi connectivity index (χ2n) is 7.18. The molecule has 0 radical (unpaired) electrons. The predicted molar refractivity (Wildman–Crippen MR) is 114 cm³/mol. The lowest BCUT2D eigenvalue weighted by molar-refractivity contribution is 0.102. The summed E-state index contributed by atoms with van der Waals surface area (Å²) in [6.07, 6.45) is 2.78. The van der Waals surface area contributed by atoms with Crippen molar-refractivity contribution in [3.63, 3.8) is 0 Å². The third kappa shape index (κ3) is 3.90. The van der Waals surface area contributed by atoms with E-state index < -0.39 is 0 Å². The Morgan fingerprint density at radius 3 is 2.55 bits per heavy atom. The topological polar surface area (TPSA) is 74.0 Å². The molecule has 0 saturated carbocycles. The number of ketones is 1. The molecule has 3 aromatic rings. The average molecular weight is 401 g/mol. The molecule has 4 rings (SSSR count). The van der Waals surface area contributed by atoms with Crippen molar-refractivity contribution in [1.82, 2.24) is 4.98 Å². The molecule has 0 fully saturated rings. The molecule has 1 heterocycles. The number of hydrogen-bond donors (Lipinski definition) is 1. The molecule has 0 saturated heterocycles. The minimum atomic E-state index is 0.0207. The summed E-state index contributed by atoms with van der Waals surface area (Å²) in [5.74, 6) is 0.446. The number of aryl methyl sites for hydroxylation is 2.